The Morgan fingerprint density at radius 2 is 1.89 bits per heavy atom. The second kappa shape index (κ2) is 8.37. The number of amides is 1. The molecule has 6 nitrogen and oxygen atoms in total. The number of carbonyl (C=O) groups is 1. The first-order valence-corrected chi connectivity index (χ1v) is 8.91. The van der Waals surface area contributed by atoms with Gasteiger partial charge in [-0.25, -0.2) is 5.48 Å². The first-order valence-electron chi connectivity index (χ1n) is 8.91. The molecule has 1 aromatic heterocycles. The van der Waals surface area contributed by atoms with E-state index >= 15 is 0 Å². The van der Waals surface area contributed by atoms with Crippen LogP contribution in [0, 0.1) is 0 Å². The topological polar surface area (TPSA) is 72.5 Å². The zero-order valence-electron chi connectivity index (χ0n) is 15.0. The minimum absolute atomic E-state index is 0.114. The first kappa shape index (κ1) is 17.8. The van der Waals surface area contributed by atoms with Crippen LogP contribution in [0.25, 0.3) is 0 Å². The normalized spacial score (nSPS) is 15.4. The number of nitrogens with one attached hydrogen (secondary N) is 2. The molecule has 0 aliphatic carbocycles. The zero-order valence-corrected chi connectivity index (χ0v) is 15.0. The van der Waals surface area contributed by atoms with Gasteiger partial charge in [0.05, 0.1) is 6.20 Å². The van der Waals surface area contributed by atoms with Crippen molar-refractivity contribution in [2.45, 2.75) is 12.6 Å². The number of carbonyl (C=O) groups excluding carboxylic acids is 1. The van der Waals surface area contributed by atoms with Crippen LogP contribution < -0.4 is 15.5 Å². The minimum atomic E-state index is -0.298. The van der Waals surface area contributed by atoms with Gasteiger partial charge in [0.2, 0.25) is 5.88 Å². The molecular weight excluding hydrogens is 354 g/mol. The minimum Gasteiger partial charge on any atom is -0.438 e. The van der Waals surface area contributed by atoms with Gasteiger partial charge in [-0.3, -0.25) is 14.6 Å². The Bertz CT molecular complexity index is 957. The molecule has 2 aromatic carbocycles. The maximum Gasteiger partial charge on any atom is 0.251 e. The molecule has 6 heteroatoms. The fraction of sp³-hybridized carbons (Fsp3) is 0.0909. The Labute approximate surface area is 162 Å². The van der Waals surface area contributed by atoms with E-state index in [4.69, 9.17) is 9.57 Å². The van der Waals surface area contributed by atoms with Gasteiger partial charge in [0.25, 0.3) is 5.91 Å². The maximum absolute atomic E-state index is 12.3. The van der Waals surface area contributed by atoms with Gasteiger partial charge >= 0.3 is 0 Å². The highest BCUT2D eigenvalue weighted by Gasteiger charge is 2.20. The molecular formula is C22H19N3O3. The molecule has 1 aliphatic rings. The van der Waals surface area contributed by atoms with Crippen LogP contribution in [0.1, 0.15) is 27.6 Å². The Balaban J connectivity index is 1.36. The largest absolute Gasteiger partial charge is 0.438 e. The summed E-state index contributed by atoms with van der Waals surface area (Å²) in [5, 5.41) is 2.92. The highest BCUT2D eigenvalue weighted by Crippen LogP contribution is 2.25. The number of nitrogens with zero attached hydrogens (tertiary/aromatic N) is 1. The van der Waals surface area contributed by atoms with Crippen molar-refractivity contribution >= 4 is 5.91 Å². The molecule has 2 N–H and O–H groups in total. The van der Waals surface area contributed by atoms with Gasteiger partial charge in [-0.05, 0) is 35.4 Å². The number of pyridine rings is 1. The number of hydroxylamine groups is 1. The third-order valence-corrected chi connectivity index (χ3v) is 4.25. The van der Waals surface area contributed by atoms with E-state index in [9.17, 15) is 4.79 Å². The quantitative estimate of drug-likeness (QED) is 0.692. The van der Waals surface area contributed by atoms with Crippen LogP contribution in [0.5, 0.6) is 5.75 Å². The van der Waals surface area contributed by atoms with Crippen LogP contribution in [0.15, 0.2) is 91.1 Å². The molecule has 0 saturated heterocycles. The van der Waals surface area contributed by atoms with Crippen molar-refractivity contribution in [2.24, 2.45) is 0 Å². The predicted molar refractivity (Wildman–Crippen MR) is 104 cm³/mol. The lowest BCUT2D eigenvalue weighted by molar-refractivity contribution is 0.0273. The highest BCUT2D eigenvalue weighted by molar-refractivity contribution is 5.94. The highest BCUT2D eigenvalue weighted by atomic mass is 16.7. The Morgan fingerprint density at radius 3 is 2.64 bits per heavy atom. The molecule has 0 bridgehead atoms. The van der Waals surface area contributed by atoms with E-state index in [0.717, 1.165) is 11.1 Å². The van der Waals surface area contributed by atoms with Gasteiger partial charge < -0.3 is 10.1 Å². The third kappa shape index (κ3) is 4.36. The van der Waals surface area contributed by atoms with Crippen molar-refractivity contribution in [1.29, 1.82) is 0 Å². The van der Waals surface area contributed by atoms with Gasteiger partial charge in [-0.15, -0.1) is 0 Å². The Hall–Kier alpha value is -3.64. The van der Waals surface area contributed by atoms with E-state index in [1.54, 1.807) is 30.6 Å². The Morgan fingerprint density at radius 1 is 1.07 bits per heavy atom. The smallest absolute Gasteiger partial charge is 0.251 e. The average Bonchev–Trinajstić information content (AvgIpc) is 3.22. The third-order valence-electron chi connectivity index (χ3n) is 4.25. The van der Waals surface area contributed by atoms with E-state index in [1.807, 2.05) is 54.6 Å². The van der Waals surface area contributed by atoms with Crippen LogP contribution in [0.4, 0.5) is 0 Å². The molecule has 0 spiro atoms. The van der Waals surface area contributed by atoms with Crippen LogP contribution in [0.2, 0.25) is 0 Å². The fourth-order valence-corrected chi connectivity index (χ4v) is 2.79. The van der Waals surface area contributed by atoms with E-state index in [-0.39, 0.29) is 12.0 Å². The van der Waals surface area contributed by atoms with Crippen molar-refractivity contribution in [3.63, 3.8) is 0 Å². The molecule has 140 valence electrons. The number of ether oxygens (including phenoxy) is 1. The second-order valence-electron chi connectivity index (χ2n) is 6.25. The van der Waals surface area contributed by atoms with Gasteiger partial charge in [-0.2, -0.15) is 0 Å². The monoisotopic (exact) mass is 373 g/mol. The van der Waals surface area contributed by atoms with E-state index < -0.39 is 0 Å². The first-order chi connectivity index (χ1) is 13.8. The molecule has 1 aliphatic heterocycles. The predicted octanol–water partition coefficient (Wildman–Crippen LogP) is 3.51. The second-order valence-corrected chi connectivity index (χ2v) is 6.25. The summed E-state index contributed by atoms with van der Waals surface area (Å²) in [7, 11) is 0. The lowest BCUT2D eigenvalue weighted by Crippen LogP contribution is -2.22. The summed E-state index contributed by atoms with van der Waals surface area (Å²) in [5.74, 6) is 1.01. The Kier molecular flexibility index (Phi) is 5.31. The van der Waals surface area contributed by atoms with E-state index in [1.165, 1.54) is 0 Å². The standard InChI is InChI=1S/C22H19N3O3/c26-22(24-14-16-5-2-1-3-6-16)18-10-8-17(9-11-18)20-13-21(25-28-20)27-19-7-4-12-23-15-19/h1-13,15,20,25H,14H2,(H,24,26)/t20-/m0/s1. The summed E-state index contributed by atoms with van der Waals surface area (Å²) in [6.07, 6.45) is 4.84. The molecule has 3 aromatic rings. The number of hydrogen-bond acceptors (Lipinski definition) is 5. The van der Waals surface area contributed by atoms with Crippen LogP contribution in [-0.4, -0.2) is 10.9 Å². The molecule has 1 amide bonds. The van der Waals surface area contributed by atoms with Crippen molar-refractivity contribution in [2.75, 3.05) is 0 Å². The number of aromatic nitrogens is 1. The summed E-state index contributed by atoms with van der Waals surface area (Å²) in [5.41, 5.74) is 5.33. The molecule has 0 saturated carbocycles. The summed E-state index contributed by atoms with van der Waals surface area (Å²) >= 11 is 0. The SMILES string of the molecule is O=C(NCc1ccccc1)c1ccc([C@@H]2C=C(Oc3cccnc3)NO2)cc1. The summed E-state index contributed by atoms with van der Waals surface area (Å²) in [6.45, 7) is 0.495. The average molecular weight is 373 g/mol. The fourth-order valence-electron chi connectivity index (χ4n) is 2.79. The summed E-state index contributed by atoms with van der Waals surface area (Å²) in [4.78, 5) is 21.9. The summed E-state index contributed by atoms with van der Waals surface area (Å²) < 4.78 is 5.66. The molecule has 0 fully saturated rings. The van der Waals surface area contributed by atoms with Crippen molar-refractivity contribution < 1.29 is 14.4 Å². The van der Waals surface area contributed by atoms with Crippen molar-refractivity contribution in [3.8, 4) is 5.75 Å². The number of rotatable bonds is 6. The summed E-state index contributed by atoms with van der Waals surface area (Å²) in [6, 6.07) is 20.7. The van der Waals surface area contributed by atoms with Gasteiger partial charge in [0.15, 0.2) is 0 Å². The van der Waals surface area contributed by atoms with Crippen LogP contribution in [-0.2, 0) is 11.4 Å². The maximum atomic E-state index is 12.3. The molecule has 0 unspecified atom stereocenters. The number of hydrogen-bond donors (Lipinski definition) is 2. The molecule has 1 atom stereocenters. The van der Waals surface area contributed by atoms with Gasteiger partial charge in [-0.1, -0.05) is 42.5 Å². The lowest BCUT2D eigenvalue weighted by atomic mass is 10.1. The molecule has 4 rings (SSSR count). The molecule has 28 heavy (non-hydrogen) atoms. The van der Waals surface area contributed by atoms with Gasteiger partial charge in [0, 0.05) is 24.4 Å². The molecule has 2 heterocycles. The molecule has 0 radical (unpaired) electrons. The van der Waals surface area contributed by atoms with Gasteiger partial charge in [0.1, 0.15) is 11.9 Å². The van der Waals surface area contributed by atoms with Crippen molar-refractivity contribution in [1.82, 2.24) is 15.8 Å². The zero-order chi connectivity index (χ0) is 19.2. The number of benzene rings is 2. The van der Waals surface area contributed by atoms with Crippen LogP contribution in [0.3, 0.4) is 0 Å². The van der Waals surface area contributed by atoms with E-state index in [0.29, 0.717) is 23.7 Å². The van der Waals surface area contributed by atoms with Crippen molar-refractivity contribution in [3.05, 3.63) is 108 Å². The van der Waals surface area contributed by atoms with Crippen LogP contribution >= 0.6 is 0 Å². The lowest BCUT2D eigenvalue weighted by Gasteiger charge is -2.09. The van der Waals surface area contributed by atoms with E-state index in [2.05, 4.69) is 15.8 Å².